The summed E-state index contributed by atoms with van der Waals surface area (Å²) in [6.07, 6.45) is 3.28. The zero-order valence-electron chi connectivity index (χ0n) is 16.5. The number of nitrogens with one attached hydrogen (secondary N) is 1. The third-order valence-electron chi connectivity index (χ3n) is 6.94. The third-order valence-corrected chi connectivity index (χ3v) is 7.18. The maximum Gasteiger partial charge on any atom is 0.248 e. The molecule has 5 nitrogen and oxygen atoms in total. The fourth-order valence-corrected chi connectivity index (χ4v) is 5.86. The number of halogens is 1. The highest BCUT2D eigenvalue weighted by atomic mass is 35.5. The number of nitrogens with zero attached hydrogens (tertiary/aromatic N) is 1. The summed E-state index contributed by atoms with van der Waals surface area (Å²) in [5, 5.41) is 3.36. The van der Waals surface area contributed by atoms with E-state index in [0.717, 1.165) is 24.8 Å². The van der Waals surface area contributed by atoms with Gasteiger partial charge in [0.15, 0.2) is 0 Å². The van der Waals surface area contributed by atoms with E-state index in [9.17, 15) is 14.4 Å². The van der Waals surface area contributed by atoms with Crippen LogP contribution in [0.15, 0.2) is 54.6 Å². The lowest BCUT2D eigenvalue weighted by atomic mass is 9.81. The molecule has 0 aromatic heterocycles. The first-order valence-corrected chi connectivity index (χ1v) is 10.9. The molecule has 3 aliphatic rings. The Bertz CT molecular complexity index is 981. The van der Waals surface area contributed by atoms with Gasteiger partial charge in [0.2, 0.25) is 17.7 Å². The van der Waals surface area contributed by atoms with Crippen molar-refractivity contribution in [2.45, 2.75) is 31.7 Å². The Morgan fingerprint density at radius 2 is 1.67 bits per heavy atom. The van der Waals surface area contributed by atoms with Crippen molar-refractivity contribution in [1.82, 2.24) is 4.90 Å². The van der Waals surface area contributed by atoms with Crippen molar-refractivity contribution < 1.29 is 14.4 Å². The number of hydrogen-bond donors (Lipinski definition) is 1. The predicted molar refractivity (Wildman–Crippen MR) is 114 cm³/mol. The van der Waals surface area contributed by atoms with E-state index in [0.29, 0.717) is 17.1 Å². The number of carbonyl (C=O) groups is 3. The molecule has 154 valence electrons. The molecule has 6 heteroatoms. The van der Waals surface area contributed by atoms with E-state index in [4.69, 9.17) is 11.6 Å². The summed E-state index contributed by atoms with van der Waals surface area (Å²) in [4.78, 5) is 41.2. The standard InChI is InChI=1S/C24H23ClN2O3/c25-17-7-4-8-18(13-17)26-22(28)19(11-14-5-2-1-3-6-14)27-23(29)20-15-9-10-16(12-15)21(20)24(27)30/h1-8,13,15-16,19-21H,9-12H2,(H,26,28)/t15-,16+,19-,20-,21+/m0/s1. The first kappa shape index (κ1) is 19.3. The van der Waals surface area contributed by atoms with E-state index in [2.05, 4.69) is 5.32 Å². The number of fused-ring (bicyclic) bond motifs is 5. The molecule has 2 aliphatic carbocycles. The fourth-order valence-electron chi connectivity index (χ4n) is 5.67. The normalized spacial score (nSPS) is 28.0. The topological polar surface area (TPSA) is 66.5 Å². The molecule has 2 aromatic carbocycles. The van der Waals surface area contributed by atoms with Crippen LogP contribution in [0.3, 0.4) is 0 Å². The van der Waals surface area contributed by atoms with Crippen molar-refractivity contribution in [3.05, 3.63) is 65.2 Å². The maximum absolute atomic E-state index is 13.3. The molecule has 0 spiro atoms. The van der Waals surface area contributed by atoms with Gasteiger partial charge in [0.25, 0.3) is 0 Å². The maximum atomic E-state index is 13.3. The highest BCUT2D eigenvalue weighted by Gasteiger charge is 2.62. The number of imide groups is 1. The average Bonchev–Trinajstić information content (AvgIpc) is 3.41. The second-order valence-electron chi connectivity index (χ2n) is 8.64. The van der Waals surface area contributed by atoms with E-state index in [-0.39, 0.29) is 41.4 Å². The summed E-state index contributed by atoms with van der Waals surface area (Å²) in [5.74, 6) is -0.611. The van der Waals surface area contributed by atoms with Crippen molar-refractivity contribution in [2.24, 2.45) is 23.7 Å². The highest BCUT2D eigenvalue weighted by Crippen LogP contribution is 2.56. The number of anilines is 1. The molecule has 0 unspecified atom stereocenters. The zero-order chi connectivity index (χ0) is 20.8. The summed E-state index contributed by atoms with van der Waals surface area (Å²) in [6, 6.07) is 15.5. The van der Waals surface area contributed by atoms with Crippen LogP contribution in [0.2, 0.25) is 5.02 Å². The van der Waals surface area contributed by atoms with Crippen LogP contribution in [0.1, 0.15) is 24.8 Å². The molecule has 2 saturated carbocycles. The molecule has 1 aliphatic heterocycles. The van der Waals surface area contributed by atoms with E-state index >= 15 is 0 Å². The van der Waals surface area contributed by atoms with Crippen LogP contribution in [-0.4, -0.2) is 28.7 Å². The molecule has 3 amide bonds. The van der Waals surface area contributed by atoms with E-state index in [1.807, 2.05) is 30.3 Å². The molecular formula is C24H23ClN2O3. The average molecular weight is 423 g/mol. The largest absolute Gasteiger partial charge is 0.324 e. The van der Waals surface area contributed by atoms with Gasteiger partial charge in [-0.15, -0.1) is 0 Å². The molecule has 3 fully saturated rings. The lowest BCUT2D eigenvalue weighted by Crippen LogP contribution is -2.49. The van der Waals surface area contributed by atoms with Crippen LogP contribution in [0.4, 0.5) is 5.69 Å². The monoisotopic (exact) mass is 422 g/mol. The van der Waals surface area contributed by atoms with Crippen molar-refractivity contribution in [3.63, 3.8) is 0 Å². The van der Waals surface area contributed by atoms with Gasteiger partial charge in [-0.25, -0.2) is 0 Å². The Labute approximate surface area is 180 Å². The van der Waals surface area contributed by atoms with Gasteiger partial charge in [0.1, 0.15) is 6.04 Å². The number of carbonyl (C=O) groups excluding carboxylic acids is 3. The smallest absolute Gasteiger partial charge is 0.248 e. The number of benzene rings is 2. The first-order chi connectivity index (χ1) is 14.5. The lowest BCUT2D eigenvalue weighted by molar-refractivity contribution is -0.147. The summed E-state index contributed by atoms with van der Waals surface area (Å²) in [6.45, 7) is 0. The minimum absolute atomic E-state index is 0.167. The Kier molecular flexibility index (Phi) is 4.86. The van der Waals surface area contributed by atoms with E-state index < -0.39 is 6.04 Å². The molecule has 1 heterocycles. The molecule has 5 rings (SSSR count). The quantitative estimate of drug-likeness (QED) is 0.742. The van der Waals surface area contributed by atoms with Crippen molar-refractivity contribution in [3.8, 4) is 0 Å². The van der Waals surface area contributed by atoms with Crippen LogP contribution in [-0.2, 0) is 20.8 Å². The van der Waals surface area contributed by atoms with Crippen LogP contribution in [0.5, 0.6) is 0 Å². The van der Waals surface area contributed by atoms with Crippen LogP contribution in [0.25, 0.3) is 0 Å². The van der Waals surface area contributed by atoms with Crippen molar-refractivity contribution in [1.29, 1.82) is 0 Å². The Morgan fingerprint density at radius 1 is 1.00 bits per heavy atom. The minimum Gasteiger partial charge on any atom is -0.324 e. The molecule has 1 saturated heterocycles. The molecular weight excluding hydrogens is 400 g/mol. The number of amides is 3. The van der Waals surface area contributed by atoms with Gasteiger partial charge in [0, 0.05) is 17.1 Å². The molecule has 2 aromatic rings. The molecule has 1 N–H and O–H groups in total. The minimum atomic E-state index is -0.878. The zero-order valence-corrected chi connectivity index (χ0v) is 17.2. The summed E-state index contributed by atoms with van der Waals surface area (Å²) < 4.78 is 0. The summed E-state index contributed by atoms with van der Waals surface area (Å²) in [5.41, 5.74) is 1.45. The Morgan fingerprint density at radius 3 is 2.30 bits per heavy atom. The predicted octanol–water partition coefficient (Wildman–Crippen LogP) is 3.92. The van der Waals surface area contributed by atoms with Gasteiger partial charge >= 0.3 is 0 Å². The SMILES string of the molecule is O=C(Nc1cccc(Cl)c1)[C@H](Cc1ccccc1)N1C(=O)[C@@H]2[C@@H]3CC[C@@H](C3)[C@@H]2C1=O. The van der Waals surface area contributed by atoms with Crippen LogP contribution in [0, 0.1) is 23.7 Å². The van der Waals surface area contributed by atoms with Crippen molar-refractivity contribution >= 4 is 35.0 Å². The first-order valence-electron chi connectivity index (χ1n) is 10.5. The van der Waals surface area contributed by atoms with Crippen LogP contribution >= 0.6 is 11.6 Å². The van der Waals surface area contributed by atoms with Gasteiger partial charge in [0.05, 0.1) is 11.8 Å². The van der Waals surface area contributed by atoms with Gasteiger partial charge in [-0.1, -0.05) is 48.0 Å². The lowest BCUT2D eigenvalue weighted by Gasteiger charge is -2.27. The highest BCUT2D eigenvalue weighted by molar-refractivity contribution is 6.30. The van der Waals surface area contributed by atoms with Gasteiger partial charge in [-0.3, -0.25) is 19.3 Å². The van der Waals surface area contributed by atoms with Crippen LogP contribution < -0.4 is 5.32 Å². The third kappa shape index (κ3) is 3.21. The molecule has 0 radical (unpaired) electrons. The van der Waals surface area contributed by atoms with Crippen molar-refractivity contribution in [2.75, 3.05) is 5.32 Å². The number of likely N-dealkylation sites (tertiary alicyclic amines) is 1. The molecule has 5 atom stereocenters. The van der Waals surface area contributed by atoms with Gasteiger partial charge in [-0.05, 0) is 54.9 Å². The van der Waals surface area contributed by atoms with Gasteiger partial charge < -0.3 is 5.32 Å². The van der Waals surface area contributed by atoms with Gasteiger partial charge in [-0.2, -0.15) is 0 Å². The molecule has 2 bridgehead atoms. The second kappa shape index (κ2) is 7.55. The van der Waals surface area contributed by atoms with E-state index in [1.165, 1.54) is 4.90 Å². The summed E-state index contributed by atoms with van der Waals surface area (Å²) >= 11 is 6.04. The number of rotatable bonds is 5. The Hall–Kier alpha value is -2.66. The Balaban J connectivity index is 1.46. The molecule has 30 heavy (non-hydrogen) atoms. The second-order valence-corrected chi connectivity index (χ2v) is 9.07. The van der Waals surface area contributed by atoms with E-state index in [1.54, 1.807) is 24.3 Å². The number of hydrogen-bond acceptors (Lipinski definition) is 3. The fraction of sp³-hybridized carbons (Fsp3) is 0.375. The summed E-state index contributed by atoms with van der Waals surface area (Å²) in [7, 11) is 0.